The number of likely N-dealkylation sites (tertiary alicyclic amines) is 1. The Morgan fingerprint density at radius 1 is 1.17 bits per heavy atom. The molecule has 2 N–H and O–H groups in total. The number of rotatable bonds is 9. The number of hydrogen-bond acceptors (Lipinski definition) is 6. The lowest BCUT2D eigenvalue weighted by atomic mass is 9.97. The van der Waals surface area contributed by atoms with Crippen LogP contribution in [0.4, 0.5) is 4.79 Å². The number of aromatic hydroxyl groups is 1. The van der Waals surface area contributed by atoms with E-state index in [2.05, 4.69) is 11.0 Å². The van der Waals surface area contributed by atoms with Gasteiger partial charge in [0.2, 0.25) is 0 Å². The Hall–Kier alpha value is -3.28. The van der Waals surface area contributed by atoms with Gasteiger partial charge in [-0.3, -0.25) is 9.80 Å². The monoisotopic (exact) mass is 479 g/mol. The van der Waals surface area contributed by atoms with Crippen molar-refractivity contribution in [2.24, 2.45) is 0 Å². The van der Waals surface area contributed by atoms with E-state index in [1.54, 1.807) is 48.4 Å². The molecular formula is C27H33N3O5. The number of phenols is 1. The molecule has 0 aliphatic carbocycles. The molecule has 5 atom stereocenters. The van der Waals surface area contributed by atoms with E-state index in [1.807, 2.05) is 19.1 Å². The zero-order valence-corrected chi connectivity index (χ0v) is 20.2. The lowest BCUT2D eigenvalue weighted by Gasteiger charge is -2.47. The van der Waals surface area contributed by atoms with Crippen molar-refractivity contribution < 1.29 is 24.5 Å². The Bertz CT molecular complexity index is 1040. The SMILES string of the molecule is COC(C)C1C2CCC(CN1C(=O)O)N2CCCC(Oc1ccc(O)cc1)c1ccc(C#N)cc1. The van der Waals surface area contributed by atoms with E-state index >= 15 is 0 Å². The number of nitrogens with zero attached hydrogens (tertiary/aromatic N) is 3. The third kappa shape index (κ3) is 5.53. The summed E-state index contributed by atoms with van der Waals surface area (Å²) in [5.41, 5.74) is 1.59. The molecule has 2 fully saturated rings. The summed E-state index contributed by atoms with van der Waals surface area (Å²) in [6.45, 7) is 3.30. The van der Waals surface area contributed by atoms with E-state index in [9.17, 15) is 15.0 Å². The van der Waals surface area contributed by atoms with Crippen LogP contribution in [-0.4, -0.2) is 70.5 Å². The number of carbonyl (C=O) groups is 1. The summed E-state index contributed by atoms with van der Waals surface area (Å²) >= 11 is 0. The second-order valence-electron chi connectivity index (χ2n) is 9.38. The maximum absolute atomic E-state index is 11.9. The van der Waals surface area contributed by atoms with Crippen LogP contribution in [0.2, 0.25) is 0 Å². The fourth-order valence-corrected chi connectivity index (χ4v) is 5.56. The van der Waals surface area contributed by atoms with Gasteiger partial charge in [0.1, 0.15) is 17.6 Å². The van der Waals surface area contributed by atoms with E-state index in [4.69, 9.17) is 14.7 Å². The number of phenolic OH excluding ortho intramolecular Hbond substituents is 1. The van der Waals surface area contributed by atoms with Crippen molar-refractivity contribution in [1.29, 1.82) is 5.26 Å². The summed E-state index contributed by atoms with van der Waals surface area (Å²) in [6.07, 6.45) is 2.33. The van der Waals surface area contributed by atoms with Crippen molar-refractivity contribution in [3.05, 3.63) is 59.7 Å². The molecule has 2 aromatic carbocycles. The first kappa shape index (κ1) is 24.8. The molecule has 0 saturated carbocycles. The van der Waals surface area contributed by atoms with Crippen molar-refractivity contribution in [1.82, 2.24) is 9.80 Å². The highest BCUT2D eigenvalue weighted by molar-refractivity contribution is 5.66. The first-order valence-electron chi connectivity index (χ1n) is 12.1. The lowest BCUT2D eigenvalue weighted by molar-refractivity contribution is -0.0447. The number of hydrogen-bond donors (Lipinski definition) is 2. The van der Waals surface area contributed by atoms with Crippen molar-refractivity contribution in [2.45, 2.75) is 62.9 Å². The van der Waals surface area contributed by atoms with Gasteiger partial charge in [-0.15, -0.1) is 0 Å². The molecule has 2 saturated heterocycles. The lowest BCUT2D eigenvalue weighted by Crippen LogP contribution is -2.64. The van der Waals surface area contributed by atoms with Crippen LogP contribution in [0.5, 0.6) is 11.5 Å². The quantitative estimate of drug-likeness (QED) is 0.549. The summed E-state index contributed by atoms with van der Waals surface area (Å²) in [4.78, 5) is 15.9. The van der Waals surface area contributed by atoms with Crippen LogP contribution in [0, 0.1) is 11.3 Å². The van der Waals surface area contributed by atoms with Crippen LogP contribution in [0.3, 0.4) is 0 Å². The van der Waals surface area contributed by atoms with Gasteiger partial charge in [0.25, 0.3) is 0 Å². The van der Waals surface area contributed by atoms with Crippen LogP contribution < -0.4 is 4.74 Å². The van der Waals surface area contributed by atoms with Crippen molar-refractivity contribution in [3.8, 4) is 17.6 Å². The molecule has 2 bridgehead atoms. The summed E-state index contributed by atoms with van der Waals surface area (Å²) in [5, 5.41) is 28.5. The highest BCUT2D eigenvalue weighted by Gasteiger charge is 2.49. The number of amides is 1. The molecule has 2 heterocycles. The van der Waals surface area contributed by atoms with E-state index in [0.29, 0.717) is 17.9 Å². The molecule has 35 heavy (non-hydrogen) atoms. The molecule has 4 rings (SSSR count). The molecule has 0 spiro atoms. The standard InChI is InChI=1S/C27H33N3O5/c1-18(34-2)26-24-14-9-21(17-30(26)27(32)33)29(24)15-3-4-25(20-7-5-19(16-28)6-8-20)35-23-12-10-22(31)11-13-23/h5-8,10-13,18,21,24-26,31H,3-4,9,14-15,17H2,1-2H3,(H,32,33). The molecule has 8 heteroatoms. The highest BCUT2D eigenvalue weighted by atomic mass is 16.5. The van der Waals surface area contributed by atoms with E-state index in [1.165, 1.54) is 0 Å². The molecule has 0 aromatic heterocycles. The average Bonchev–Trinajstić information content (AvgIpc) is 3.14. The number of nitriles is 1. The van der Waals surface area contributed by atoms with Gasteiger partial charge < -0.3 is 19.7 Å². The number of fused-ring (bicyclic) bond motifs is 2. The summed E-state index contributed by atoms with van der Waals surface area (Å²) in [5.74, 6) is 0.851. The van der Waals surface area contributed by atoms with E-state index in [0.717, 1.165) is 37.8 Å². The topological polar surface area (TPSA) is 106 Å². The van der Waals surface area contributed by atoms with Crippen molar-refractivity contribution in [3.63, 3.8) is 0 Å². The molecule has 2 aromatic rings. The molecule has 186 valence electrons. The first-order valence-corrected chi connectivity index (χ1v) is 12.1. The number of carboxylic acid groups (broad SMARTS) is 1. The zero-order chi connectivity index (χ0) is 24.9. The van der Waals surface area contributed by atoms with Crippen LogP contribution in [-0.2, 0) is 4.74 Å². The van der Waals surface area contributed by atoms with Crippen molar-refractivity contribution >= 4 is 6.09 Å². The Balaban J connectivity index is 1.46. The Kier molecular flexibility index (Phi) is 7.79. The van der Waals surface area contributed by atoms with Crippen molar-refractivity contribution in [2.75, 3.05) is 20.2 Å². The van der Waals surface area contributed by atoms with Gasteiger partial charge in [-0.05, 0) is 81.1 Å². The summed E-state index contributed by atoms with van der Waals surface area (Å²) < 4.78 is 11.9. The second kappa shape index (κ2) is 11.0. The van der Waals surface area contributed by atoms with Crippen LogP contribution in [0.15, 0.2) is 48.5 Å². The normalized spacial score (nSPS) is 23.5. The predicted octanol–water partition coefficient (Wildman–Crippen LogP) is 4.39. The molecule has 2 aliphatic heterocycles. The first-order chi connectivity index (χ1) is 16.9. The molecule has 1 amide bonds. The van der Waals surface area contributed by atoms with Gasteiger partial charge >= 0.3 is 6.09 Å². The number of piperazine rings is 1. The van der Waals surface area contributed by atoms with Gasteiger partial charge in [-0.2, -0.15) is 5.26 Å². The highest BCUT2D eigenvalue weighted by Crippen LogP contribution is 2.37. The predicted molar refractivity (Wildman–Crippen MR) is 130 cm³/mol. The van der Waals surface area contributed by atoms with Crippen LogP contribution in [0.1, 0.15) is 49.8 Å². The molecule has 0 radical (unpaired) electrons. The third-order valence-corrected chi connectivity index (χ3v) is 7.36. The summed E-state index contributed by atoms with van der Waals surface area (Å²) in [6, 6.07) is 16.5. The van der Waals surface area contributed by atoms with Gasteiger partial charge in [0, 0.05) is 25.7 Å². The fraction of sp³-hybridized carbons (Fsp3) is 0.481. The minimum Gasteiger partial charge on any atom is -0.508 e. The third-order valence-electron chi connectivity index (χ3n) is 7.36. The Labute approximate surface area is 206 Å². The average molecular weight is 480 g/mol. The van der Waals surface area contributed by atoms with E-state index < -0.39 is 6.09 Å². The fourth-order valence-electron chi connectivity index (χ4n) is 5.56. The maximum Gasteiger partial charge on any atom is 0.407 e. The summed E-state index contributed by atoms with van der Waals surface area (Å²) in [7, 11) is 1.64. The minimum absolute atomic E-state index is 0.145. The Morgan fingerprint density at radius 3 is 2.51 bits per heavy atom. The Morgan fingerprint density at radius 2 is 1.89 bits per heavy atom. The minimum atomic E-state index is -0.876. The molecule has 8 nitrogen and oxygen atoms in total. The number of ether oxygens (including phenoxy) is 2. The molecule has 5 unspecified atom stereocenters. The van der Waals surface area contributed by atoms with E-state index in [-0.39, 0.29) is 36.1 Å². The van der Waals surface area contributed by atoms with Gasteiger partial charge in [0.15, 0.2) is 0 Å². The smallest absolute Gasteiger partial charge is 0.407 e. The van der Waals surface area contributed by atoms with Gasteiger partial charge in [0.05, 0.1) is 23.8 Å². The van der Waals surface area contributed by atoms with Crippen LogP contribution >= 0.6 is 0 Å². The number of benzene rings is 2. The molecular weight excluding hydrogens is 446 g/mol. The maximum atomic E-state index is 11.9. The largest absolute Gasteiger partial charge is 0.508 e. The zero-order valence-electron chi connectivity index (χ0n) is 20.2. The second-order valence-corrected chi connectivity index (χ2v) is 9.38. The van der Waals surface area contributed by atoms with Gasteiger partial charge in [-0.1, -0.05) is 12.1 Å². The molecule has 2 aliphatic rings. The number of methoxy groups -OCH3 is 1. The van der Waals surface area contributed by atoms with Crippen LogP contribution in [0.25, 0.3) is 0 Å². The van der Waals surface area contributed by atoms with Gasteiger partial charge in [-0.25, -0.2) is 4.79 Å².